The molecule has 1 aliphatic heterocycles. The van der Waals surface area contributed by atoms with Gasteiger partial charge in [0.05, 0.1) is 32.9 Å². The monoisotopic (exact) mass is 398 g/mol. The number of hydrogen-bond acceptors (Lipinski definition) is 5. The zero-order valence-corrected chi connectivity index (χ0v) is 17.4. The van der Waals surface area contributed by atoms with Crippen LogP contribution in [0.25, 0.3) is 0 Å². The molecule has 7 heteroatoms. The molecule has 0 aromatic heterocycles. The van der Waals surface area contributed by atoms with Crippen LogP contribution < -0.4 is 24.4 Å². The molecular weight excluding hydrogens is 372 g/mol. The van der Waals surface area contributed by atoms with E-state index in [2.05, 4.69) is 5.32 Å². The first-order valence-electron chi connectivity index (χ1n) is 9.36. The normalized spacial score (nSPS) is 16.0. The standard InChI is InChI=1S/C22H26N2O5/c1-13-6-7-18(27-3)17(8-13)24-12-15(10-21(24)25)22(26)23-16-11-20(29-5)19(28-4)9-14(16)2/h6-9,11,15H,10,12H2,1-5H3,(H,23,26)/t15-/m1/s1. The van der Waals surface area contributed by atoms with Gasteiger partial charge < -0.3 is 24.4 Å². The number of amides is 2. The fourth-order valence-corrected chi connectivity index (χ4v) is 3.48. The smallest absolute Gasteiger partial charge is 0.229 e. The molecule has 1 aliphatic rings. The van der Waals surface area contributed by atoms with Gasteiger partial charge in [0.15, 0.2) is 11.5 Å². The molecule has 3 rings (SSSR count). The second-order valence-corrected chi connectivity index (χ2v) is 7.09. The predicted octanol–water partition coefficient (Wildman–Crippen LogP) is 3.32. The quantitative estimate of drug-likeness (QED) is 0.808. The Kier molecular flexibility index (Phi) is 5.96. The van der Waals surface area contributed by atoms with Crippen LogP contribution in [0, 0.1) is 19.8 Å². The van der Waals surface area contributed by atoms with Crippen molar-refractivity contribution in [1.82, 2.24) is 0 Å². The maximum absolute atomic E-state index is 12.9. The summed E-state index contributed by atoms with van der Waals surface area (Å²) in [5, 5.41) is 2.93. The van der Waals surface area contributed by atoms with Crippen LogP contribution in [0.3, 0.4) is 0 Å². The van der Waals surface area contributed by atoms with Crippen LogP contribution in [0.2, 0.25) is 0 Å². The van der Waals surface area contributed by atoms with E-state index in [0.29, 0.717) is 35.2 Å². The summed E-state index contributed by atoms with van der Waals surface area (Å²) in [7, 11) is 4.67. The van der Waals surface area contributed by atoms with Crippen LogP contribution >= 0.6 is 0 Å². The Morgan fingerprint density at radius 1 is 1.00 bits per heavy atom. The Labute approximate surface area is 170 Å². The molecule has 0 bridgehead atoms. The molecule has 1 saturated heterocycles. The van der Waals surface area contributed by atoms with Gasteiger partial charge in [-0.05, 0) is 43.2 Å². The molecule has 1 atom stereocenters. The molecule has 1 N–H and O–H groups in total. The van der Waals surface area contributed by atoms with Crippen LogP contribution in [0.4, 0.5) is 11.4 Å². The molecule has 2 aromatic rings. The highest BCUT2D eigenvalue weighted by molar-refractivity contribution is 6.04. The molecule has 0 unspecified atom stereocenters. The Hall–Kier alpha value is -3.22. The molecule has 29 heavy (non-hydrogen) atoms. The number of carbonyl (C=O) groups is 2. The number of anilines is 2. The third-order valence-corrected chi connectivity index (χ3v) is 5.11. The van der Waals surface area contributed by atoms with E-state index >= 15 is 0 Å². The van der Waals surface area contributed by atoms with Crippen molar-refractivity contribution in [2.75, 3.05) is 38.1 Å². The topological polar surface area (TPSA) is 77.1 Å². The molecule has 0 aliphatic carbocycles. The summed E-state index contributed by atoms with van der Waals surface area (Å²) in [5.41, 5.74) is 3.18. The largest absolute Gasteiger partial charge is 0.495 e. The Morgan fingerprint density at radius 2 is 1.66 bits per heavy atom. The van der Waals surface area contributed by atoms with Gasteiger partial charge in [0.1, 0.15) is 5.75 Å². The van der Waals surface area contributed by atoms with Gasteiger partial charge >= 0.3 is 0 Å². The number of nitrogens with zero attached hydrogens (tertiary/aromatic N) is 1. The van der Waals surface area contributed by atoms with E-state index in [4.69, 9.17) is 14.2 Å². The van der Waals surface area contributed by atoms with Gasteiger partial charge in [-0.15, -0.1) is 0 Å². The average molecular weight is 398 g/mol. The fraction of sp³-hybridized carbons (Fsp3) is 0.364. The minimum atomic E-state index is -0.458. The van der Waals surface area contributed by atoms with E-state index in [1.54, 1.807) is 38.4 Å². The first-order valence-corrected chi connectivity index (χ1v) is 9.36. The maximum atomic E-state index is 12.9. The molecular formula is C22H26N2O5. The summed E-state index contributed by atoms with van der Waals surface area (Å²) >= 11 is 0. The lowest BCUT2D eigenvalue weighted by molar-refractivity contribution is -0.122. The van der Waals surface area contributed by atoms with Crippen LogP contribution in [-0.2, 0) is 9.59 Å². The SMILES string of the molecule is COc1cc(C)c(NC(=O)[C@@H]2CC(=O)N(c3cc(C)ccc3OC)C2)cc1OC. The Balaban J connectivity index is 1.79. The first-order chi connectivity index (χ1) is 13.9. The lowest BCUT2D eigenvalue weighted by Gasteiger charge is -2.20. The first kappa shape index (κ1) is 20.5. The number of ether oxygens (including phenoxy) is 3. The average Bonchev–Trinajstić information content (AvgIpc) is 3.10. The van der Waals surface area contributed by atoms with E-state index in [-0.39, 0.29) is 18.2 Å². The Morgan fingerprint density at radius 3 is 2.31 bits per heavy atom. The second-order valence-electron chi connectivity index (χ2n) is 7.09. The minimum absolute atomic E-state index is 0.0990. The number of carbonyl (C=O) groups excluding carboxylic acids is 2. The molecule has 2 aromatic carbocycles. The van der Waals surface area contributed by atoms with Gasteiger partial charge in [0.2, 0.25) is 11.8 Å². The summed E-state index contributed by atoms with van der Waals surface area (Å²) in [5.74, 6) is 0.973. The zero-order chi connectivity index (χ0) is 21.1. The Bertz CT molecular complexity index is 941. The van der Waals surface area contributed by atoms with Crippen molar-refractivity contribution in [2.24, 2.45) is 5.92 Å². The number of hydrogen-bond donors (Lipinski definition) is 1. The molecule has 7 nitrogen and oxygen atoms in total. The summed E-state index contributed by atoms with van der Waals surface area (Å²) < 4.78 is 16.0. The summed E-state index contributed by atoms with van der Waals surface area (Å²) in [6.07, 6.45) is 0.148. The second kappa shape index (κ2) is 8.43. The highest BCUT2D eigenvalue weighted by Crippen LogP contribution is 2.36. The minimum Gasteiger partial charge on any atom is -0.495 e. The van der Waals surface area contributed by atoms with E-state index in [1.165, 1.54) is 0 Å². The van der Waals surface area contributed by atoms with E-state index in [9.17, 15) is 9.59 Å². The number of methoxy groups -OCH3 is 3. The van der Waals surface area contributed by atoms with Crippen molar-refractivity contribution in [3.05, 3.63) is 41.5 Å². The van der Waals surface area contributed by atoms with Crippen molar-refractivity contribution in [3.8, 4) is 17.2 Å². The van der Waals surface area contributed by atoms with Crippen LogP contribution in [-0.4, -0.2) is 39.7 Å². The third-order valence-electron chi connectivity index (χ3n) is 5.11. The van der Waals surface area contributed by atoms with Crippen molar-refractivity contribution in [1.29, 1.82) is 0 Å². The zero-order valence-electron chi connectivity index (χ0n) is 17.4. The summed E-state index contributed by atoms with van der Waals surface area (Å²) in [6.45, 7) is 4.13. The van der Waals surface area contributed by atoms with Gasteiger partial charge in [0, 0.05) is 24.7 Å². The van der Waals surface area contributed by atoms with Crippen LogP contribution in [0.15, 0.2) is 30.3 Å². The molecule has 154 valence electrons. The maximum Gasteiger partial charge on any atom is 0.229 e. The molecule has 0 radical (unpaired) electrons. The summed E-state index contributed by atoms with van der Waals surface area (Å²) in [4.78, 5) is 27.1. The third kappa shape index (κ3) is 4.13. The van der Waals surface area contributed by atoms with Crippen molar-refractivity contribution < 1.29 is 23.8 Å². The fourth-order valence-electron chi connectivity index (χ4n) is 3.48. The van der Waals surface area contributed by atoms with E-state index in [1.807, 2.05) is 32.0 Å². The predicted molar refractivity (Wildman–Crippen MR) is 111 cm³/mol. The van der Waals surface area contributed by atoms with Gasteiger partial charge in [-0.2, -0.15) is 0 Å². The van der Waals surface area contributed by atoms with Crippen molar-refractivity contribution in [2.45, 2.75) is 20.3 Å². The number of nitrogens with one attached hydrogen (secondary N) is 1. The van der Waals surface area contributed by atoms with Crippen molar-refractivity contribution >= 4 is 23.2 Å². The van der Waals surface area contributed by atoms with Gasteiger partial charge in [-0.3, -0.25) is 9.59 Å². The molecule has 1 fully saturated rings. The van der Waals surface area contributed by atoms with Crippen LogP contribution in [0.1, 0.15) is 17.5 Å². The highest BCUT2D eigenvalue weighted by Gasteiger charge is 2.36. The van der Waals surface area contributed by atoms with Crippen LogP contribution in [0.5, 0.6) is 17.2 Å². The highest BCUT2D eigenvalue weighted by atomic mass is 16.5. The molecule has 0 spiro atoms. The summed E-state index contributed by atoms with van der Waals surface area (Å²) in [6, 6.07) is 9.18. The lowest BCUT2D eigenvalue weighted by atomic mass is 10.1. The number of aryl methyl sites for hydroxylation is 2. The van der Waals surface area contributed by atoms with Crippen molar-refractivity contribution in [3.63, 3.8) is 0 Å². The lowest BCUT2D eigenvalue weighted by Crippen LogP contribution is -2.28. The van der Waals surface area contributed by atoms with E-state index in [0.717, 1.165) is 11.1 Å². The molecule has 1 heterocycles. The number of benzene rings is 2. The van der Waals surface area contributed by atoms with E-state index < -0.39 is 5.92 Å². The number of rotatable bonds is 6. The molecule has 2 amide bonds. The molecule has 0 saturated carbocycles. The van der Waals surface area contributed by atoms with Gasteiger partial charge in [-0.1, -0.05) is 6.07 Å². The van der Waals surface area contributed by atoms with Gasteiger partial charge in [-0.25, -0.2) is 0 Å². The van der Waals surface area contributed by atoms with Gasteiger partial charge in [0.25, 0.3) is 0 Å².